The third-order valence-corrected chi connectivity index (χ3v) is 5.68. The van der Waals surface area contributed by atoms with Crippen molar-refractivity contribution in [2.75, 3.05) is 19.5 Å². The first-order valence-electron chi connectivity index (χ1n) is 5.44. The van der Waals surface area contributed by atoms with Crippen molar-refractivity contribution in [3.8, 4) is 5.88 Å². The Morgan fingerprint density at radius 2 is 1.89 bits per heavy atom. The van der Waals surface area contributed by atoms with Gasteiger partial charge in [-0.25, -0.2) is 0 Å². The maximum absolute atomic E-state index is 6.09. The maximum Gasteiger partial charge on any atom is 0.381 e. The monoisotopic (exact) mass is 361 g/mol. The van der Waals surface area contributed by atoms with E-state index in [0.717, 1.165) is 4.90 Å². The predicted octanol–water partition coefficient (Wildman–Crippen LogP) is 4.79. The molecule has 0 atom stereocenters. The summed E-state index contributed by atoms with van der Waals surface area (Å²) in [6.45, 7) is 1.49. The highest BCUT2D eigenvalue weighted by molar-refractivity contribution is 8.07. The molecule has 0 aliphatic carbocycles. The van der Waals surface area contributed by atoms with Gasteiger partial charge in [-0.3, -0.25) is 9.05 Å². The van der Waals surface area contributed by atoms with Gasteiger partial charge in [-0.15, -0.1) is 11.8 Å². The highest BCUT2D eigenvalue weighted by atomic mass is 35.5. The summed E-state index contributed by atoms with van der Waals surface area (Å²) in [5.74, 6) is 0.134. The third-order valence-electron chi connectivity index (χ3n) is 1.86. The Morgan fingerprint density at radius 1 is 1.32 bits per heavy atom. The van der Waals surface area contributed by atoms with Gasteiger partial charge < -0.3 is 4.52 Å². The summed E-state index contributed by atoms with van der Waals surface area (Å²) >= 11 is 18.8. The molecule has 0 amide bonds. The normalized spacial score (nSPS) is 11.6. The van der Waals surface area contributed by atoms with E-state index in [9.17, 15) is 0 Å². The van der Waals surface area contributed by atoms with E-state index in [-0.39, 0.29) is 5.88 Å². The number of hydrogen-bond donors (Lipinski definition) is 0. The molecule has 0 aliphatic heterocycles. The molecule has 1 heterocycles. The largest absolute Gasteiger partial charge is 0.404 e. The average molecular weight is 362 g/mol. The SMILES string of the molecule is CCOP(=S)(OCC)Oc1nc(Cl)c(SC)cc1Cl. The van der Waals surface area contributed by atoms with Gasteiger partial charge in [0.2, 0.25) is 5.88 Å². The molecule has 108 valence electrons. The molecule has 19 heavy (non-hydrogen) atoms. The van der Waals surface area contributed by atoms with Gasteiger partial charge in [-0.05, 0) is 26.2 Å². The molecule has 0 fully saturated rings. The molecular weight excluding hydrogens is 348 g/mol. The fourth-order valence-corrected chi connectivity index (χ4v) is 4.28. The van der Waals surface area contributed by atoms with Gasteiger partial charge in [0.15, 0.2) is 0 Å². The maximum atomic E-state index is 6.09. The zero-order valence-electron chi connectivity index (χ0n) is 10.7. The van der Waals surface area contributed by atoms with Crippen LogP contribution in [-0.2, 0) is 20.9 Å². The number of aromatic nitrogens is 1. The van der Waals surface area contributed by atoms with Crippen LogP contribution in [0.5, 0.6) is 5.88 Å². The second kappa shape index (κ2) is 8.03. The number of thioether (sulfide) groups is 1. The van der Waals surface area contributed by atoms with Crippen LogP contribution in [0.1, 0.15) is 13.8 Å². The van der Waals surface area contributed by atoms with Crippen LogP contribution in [0.3, 0.4) is 0 Å². The molecule has 0 N–H and O–H groups in total. The number of rotatable bonds is 7. The van der Waals surface area contributed by atoms with E-state index < -0.39 is 6.72 Å². The minimum Gasteiger partial charge on any atom is -0.404 e. The summed E-state index contributed by atoms with van der Waals surface area (Å²) in [5.41, 5.74) is 0. The summed E-state index contributed by atoms with van der Waals surface area (Å²) in [6, 6.07) is 1.68. The summed E-state index contributed by atoms with van der Waals surface area (Å²) in [5, 5.41) is 0.629. The molecular formula is C10H14Cl2NO3PS2. The van der Waals surface area contributed by atoms with E-state index in [1.165, 1.54) is 11.8 Å². The van der Waals surface area contributed by atoms with Crippen molar-refractivity contribution < 1.29 is 13.6 Å². The minimum absolute atomic E-state index is 0.134. The van der Waals surface area contributed by atoms with Crippen LogP contribution in [0.4, 0.5) is 0 Å². The molecule has 0 unspecified atom stereocenters. The lowest BCUT2D eigenvalue weighted by molar-refractivity contribution is 0.216. The smallest absolute Gasteiger partial charge is 0.381 e. The minimum atomic E-state index is -2.89. The van der Waals surface area contributed by atoms with E-state index in [0.29, 0.717) is 23.4 Å². The first-order valence-corrected chi connectivity index (χ1v) is 9.98. The van der Waals surface area contributed by atoms with Crippen LogP contribution in [0.25, 0.3) is 0 Å². The van der Waals surface area contributed by atoms with Gasteiger partial charge >= 0.3 is 6.72 Å². The Balaban J connectivity index is 3.03. The zero-order valence-corrected chi connectivity index (χ0v) is 14.7. The van der Waals surface area contributed by atoms with Crippen molar-refractivity contribution in [3.05, 3.63) is 16.2 Å². The fraction of sp³-hybridized carbons (Fsp3) is 0.500. The van der Waals surface area contributed by atoms with Crippen molar-refractivity contribution >= 4 is 53.5 Å². The summed E-state index contributed by atoms with van der Waals surface area (Å²) in [6.07, 6.45) is 1.88. The molecule has 0 spiro atoms. The first-order chi connectivity index (χ1) is 8.95. The Labute approximate surface area is 132 Å². The van der Waals surface area contributed by atoms with Gasteiger partial charge in [0.1, 0.15) is 10.2 Å². The second-order valence-corrected chi connectivity index (χ2v) is 7.69. The molecule has 1 rings (SSSR count). The van der Waals surface area contributed by atoms with Crippen molar-refractivity contribution in [2.45, 2.75) is 18.7 Å². The Hall–Kier alpha value is 0.450. The quantitative estimate of drug-likeness (QED) is 0.395. The third kappa shape index (κ3) is 5.05. The van der Waals surface area contributed by atoms with Crippen molar-refractivity contribution in [1.29, 1.82) is 0 Å². The van der Waals surface area contributed by atoms with Crippen LogP contribution < -0.4 is 4.52 Å². The van der Waals surface area contributed by atoms with Crippen molar-refractivity contribution in [3.63, 3.8) is 0 Å². The lowest BCUT2D eigenvalue weighted by atomic mass is 10.5. The van der Waals surface area contributed by atoms with Crippen LogP contribution in [-0.4, -0.2) is 24.5 Å². The summed E-state index contributed by atoms with van der Waals surface area (Å²) < 4.78 is 16.3. The molecule has 0 aliphatic rings. The lowest BCUT2D eigenvalue weighted by Gasteiger charge is -2.21. The Kier molecular flexibility index (Phi) is 7.40. The Morgan fingerprint density at radius 3 is 2.37 bits per heavy atom. The van der Waals surface area contributed by atoms with Crippen LogP contribution >= 0.6 is 41.7 Å². The van der Waals surface area contributed by atoms with Crippen LogP contribution in [0.2, 0.25) is 10.2 Å². The van der Waals surface area contributed by atoms with E-state index >= 15 is 0 Å². The molecule has 0 aromatic carbocycles. The highest BCUT2D eigenvalue weighted by Crippen LogP contribution is 2.51. The van der Waals surface area contributed by atoms with E-state index in [4.69, 9.17) is 48.6 Å². The number of halogens is 2. The Bertz CT molecular complexity index is 480. The topological polar surface area (TPSA) is 40.6 Å². The average Bonchev–Trinajstić information content (AvgIpc) is 2.33. The lowest BCUT2D eigenvalue weighted by Crippen LogP contribution is -2.03. The van der Waals surface area contributed by atoms with Gasteiger partial charge in [0, 0.05) is 16.7 Å². The highest BCUT2D eigenvalue weighted by Gasteiger charge is 2.24. The first kappa shape index (κ1) is 17.5. The van der Waals surface area contributed by atoms with Gasteiger partial charge in [-0.2, -0.15) is 4.98 Å². The van der Waals surface area contributed by atoms with E-state index in [1.54, 1.807) is 6.07 Å². The molecule has 0 bridgehead atoms. The number of nitrogens with zero attached hydrogens (tertiary/aromatic N) is 1. The molecule has 4 nitrogen and oxygen atoms in total. The molecule has 9 heteroatoms. The van der Waals surface area contributed by atoms with Gasteiger partial charge in [0.25, 0.3) is 0 Å². The van der Waals surface area contributed by atoms with Crippen LogP contribution in [0, 0.1) is 0 Å². The molecule has 0 saturated carbocycles. The number of hydrogen-bond acceptors (Lipinski definition) is 6. The van der Waals surface area contributed by atoms with Crippen LogP contribution in [0.15, 0.2) is 11.0 Å². The standard InChI is InChI=1S/C10H14Cl2NO3PS2/c1-4-14-17(18,15-5-2)16-10-7(11)6-8(19-3)9(12)13-10/h6H,4-5H2,1-3H3. The number of pyridine rings is 1. The second-order valence-electron chi connectivity index (χ2n) is 3.14. The van der Waals surface area contributed by atoms with Gasteiger partial charge in [-0.1, -0.05) is 23.2 Å². The summed E-state index contributed by atoms with van der Waals surface area (Å²) in [7, 11) is 0. The van der Waals surface area contributed by atoms with E-state index in [2.05, 4.69) is 4.98 Å². The summed E-state index contributed by atoms with van der Waals surface area (Å²) in [4.78, 5) is 4.85. The molecule has 0 saturated heterocycles. The van der Waals surface area contributed by atoms with Gasteiger partial charge in [0.05, 0.1) is 13.2 Å². The molecule has 1 aromatic heterocycles. The van der Waals surface area contributed by atoms with Crippen molar-refractivity contribution in [2.24, 2.45) is 0 Å². The molecule has 0 radical (unpaired) electrons. The zero-order chi connectivity index (χ0) is 14.5. The molecule has 1 aromatic rings. The fourth-order valence-electron chi connectivity index (χ4n) is 1.15. The van der Waals surface area contributed by atoms with E-state index in [1.807, 2.05) is 20.1 Å². The predicted molar refractivity (Wildman–Crippen MR) is 84.2 cm³/mol. The van der Waals surface area contributed by atoms with Crippen molar-refractivity contribution in [1.82, 2.24) is 4.98 Å².